The van der Waals surface area contributed by atoms with Crippen molar-refractivity contribution in [3.63, 3.8) is 0 Å². The Morgan fingerprint density at radius 2 is 1.65 bits per heavy atom. The first kappa shape index (κ1) is 19.8. The van der Waals surface area contributed by atoms with E-state index in [-0.39, 0.29) is 0 Å². The zero-order valence-electron chi connectivity index (χ0n) is 16.8. The average Bonchev–Trinajstić information content (AvgIpc) is 2.81. The molecule has 4 rings (SSSR count). The first-order valence-electron chi connectivity index (χ1n) is 9.54. The van der Waals surface area contributed by atoms with E-state index in [0.717, 1.165) is 5.56 Å². The van der Waals surface area contributed by atoms with Gasteiger partial charge in [-0.05, 0) is 54.6 Å². The van der Waals surface area contributed by atoms with Gasteiger partial charge in [-0.15, -0.1) is 0 Å². The maximum Gasteiger partial charge on any atom is 0.323 e. The van der Waals surface area contributed by atoms with Crippen molar-refractivity contribution >= 4 is 23.4 Å². The highest BCUT2D eigenvalue weighted by atomic mass is 16.5. The molecule has 0 fully saturated rings. The van der Waals surface area contributed by atoms with Gasteiger partial charge in [0.25, 0.3) is 0 Å². The summed E-state index contributed by atoms with van der Waals surface area (Å²) in [6.07, 6.45) is 3.32. The molecular weight excluding hydrogens is 392 g/mol. The zero-order chi connectivity index (χ0) is 21.6. The number of nitrogens with two attached hydrogens (primary N) is 1. The van der Waals surface area contributed by atoms with Gasteiger partial charge in [0.15, 0.2) is 0 Å². The number of para-hydroxylation sites is 1. The molecule has 2 amide bonds. The number of rotatable bonds is 6. The minimum Gasteiger partial charge on any atom is -0.438 e. The van der Waals surface area contributed by atoms with E-state index < -0.39 is 6.03 Å². The number of hydrogen-bond donors (Lipinski definition) is 2. The summed E-state index contributed by atoms with van der Waals surface area (Å²) >= 11 is 0. The molecule has 0 atom stereocenters. The lowest BCUT2D eigenvalue weighted by molar-refractivity contribution is 0.256. The number of carbonyl (C=O) groups is 1. The number of aromatic nitrogens is 3. The number of ether oxygens (including phenoxy) is 1. The van der Waals surface area contributed by atoms with E-state index in [1.807, 2.05) is 42.5 Å². The Kier molecular flexibility index (Phi) is 5.70. The third-order valence-corrected chi connectivity index (χ3v) is 4.47. The number of primary amides is 1. The summed E-state index contributed by atoms with van der Waals surface area (Å²) in [6.45, 7) is 0. The van der Waals surface area contributed by atoms with Crippen LogP contribution in [0.15, 0.2) is 85.2 Å². The van der Waals surface area contributed by atoms with Crippen LogP contribution in [0.3, 0.4) is 0 Å². The Morgan fingerprint density at radius 1 is 0.903 bits per heavy atom. The molecule has 0 spiro atoms. The van der Waals surface area contributed by atoms with Crippen LogP contribution in [0.5, 0.6) is 11.6 Å². The van der Waals surface area contributed by atoms with Crippen molar-refractivity contribution < 1.29 is 9.53 Å². The average molecular weight is 412 g/mol. The van der Waals surface area contributed by atoms with Crippen molar-refractivity contribution in [3.05, 3.63) is 85.2 Å². The summed E-state index contributed by atoms with van der Waals surface area (Å²) in [6, 6.07) is 21.1. The second-order valence-electron chi connectivity index (χ2n) is 6.48. The molecular formula is C23H20N6O2. The molecule has 0 radical (unpaired) electrons. The fourth-order valence-electron chi connectivity index (χ4n) is 3.05. The SMILES string of the molecule is CNc1nccc(-c2cccnc2Oc2ccc(N(C(N)=O)c3ccccc3)cc2)n1. The number of benzene rings is 2. The van der Waals surface area contributed by atoms with Crippen LogP contribution in [-0.4, -0.2) is 28.0 Å². The summed E-state index contributed by atoms with van der Waals surface area (Å²) in [5, 5.41) is 2.92. The molecule has 0 unspecified atom stereocenters. The molecule has 0 aliphatic carbocycles. The second kappa shape index (κ2) is 8.91. The molecule has 154 valence electrons. The fourth-order valence-corrected chi connectivity index (χ4v) is 3.05. The Hall–Kier alpha value is -4.46. The molecule has 0 aliphatic heterocycles. The summed E-state index contributed by atoms with van der Waals surface area (Å²) in [5.41, 5.74) is 8.32. The van der Waals surface area contributed by atoms with Crippen molar-refractivity contribution in [3.8, 4) is 22.9 Å². The predicted octanol–water partition coefficient (Wildman–Crippen LogP) is 4.59. The van der Waals surface area contributed by atoms with Gasteiger partial charge in [0.05, 0.1) is 22.6 Å². The molecule has 0 bridgehead atoms. The molecule has 31 heavy (non-hydrogen) atoms. The lowest BCUT2D eigenvalue weighted by atomic mass is 10.2. The van der Waals surface area contributed by atoms with Gasteiger partial charge in [-0.25, -0.2) is 19.7 Å². The Labute approximate surface area is 179 Å². The number of anilines is 3. The monoisotopic (exact) mass is 412 g/mol. The van der Waals surface area contributed by atoms with E-state index in [0.29, 0.717) is 34.6 Å². The molecule has 2 heterocycles. The molecule has 2 aromatic carbocycles. The summed E-state index contributed by atoms with van der Waals surface area (Å²) in [4.78, 5) is 26.4. The van der Waals surface area contributed by atoms with Gasteiger partial charge in [0.2, 0.25) is 11.8 Å². The molecule has 8 nitrogen and oxygen atoms in total. The van der Waals surface area contributed by atoms with Crippen LogP contribution >= 0.6 is 0 Å². The van der Waals surface area contributed by atoms with E-state index in [1.54, 1.807) is 49.8 Å². The second-order valence-corrected chi connectivity index (χ2v) is 6.48. The number of nitrogens with zero attached hydrogens (tertiary/aromatic N) is 4. The number of urea groups is 1. The summed E-state index contributed by atoms with van der Waals surface area (Å²) in [5.74, 6) is 1.47. The van der Waals surface area contributed by atoms with Gasteiger partial charge in [-0.2, -0.15) is 0 Å². The lowest BCUT2D eigenvalue weighted by Gasteiger charge is -2.20. The van der Waals surface area contributed by atoms with Crippen LogP contribution in [0.25, 0.3) is 11.3 Å². The quantitative estimate of drug-likeness (QED) is 0.480. The van der Waals surface area contributed by atoms with Crippen LogP contribution < -0.4 is 20.7 Å². The topological polar surface area (TPSA) is 106 Å². The highest BCUT2D eigenvalue weighted by Gasteiger charge is 2.15. The lowest BCUT2D eigenvalue weighted by Crippen LogP contribution is -2.31. The van der Waals surface area contributed by atoms with Crippen LogP contribution in [0.2, 0.25) is 0 Å². The number of hydrogen-bond acceptors (Lipinski definition) is 6. The van der Waals surface area contributed by atoms with Gasteiger partial charge in [-0.1, -0.05) is 18.2 Å². The summed E-state index contributed by atoms with van der Waals surface area (Å²) < 4.78 is 6.01. The van der Waals surface area contributed by atoms with Crippen molar-refractivity contribution in [1.82, 2.24) is 15.0 Å². The van der Waals surface area contributed by atoms with Crippen molar-refractivity contribution in [2.75, 3.05) is 17.3 Å². The standard InChI is InChI=1S/C23H20N6O2/c1-25-23-27-15-13-20(28-23)19-8-5-14-26-21(19)31-18-11-9-17(10-12-18)29(22(24)30)16-6-3-2-4-7-16/h2-15H,1H3,(H2,24,30)(H,25,27,28). The van der Waals surface area contributed by atoms with Crippen LogP contribution in [-0.2, 0) is 0 Å². The molecule has 4 aromatic rings. The third kappa shape index (κ3) is 4.43. The number of carbonyl (C=O) groups excluding carboxylic acids is 1. The largest absolute Gasteiger partial charge is 0.438 e. The van der Waals surface area contributed by atoms with Crippen molar-refractivity contribution in [2.45, 2.75) is 0 Å². The zero-order valence-corrected chi connectivity index (χ0v) is 16.8. The van der Waals surface area contributed by atoms with Crippen LogP contribution in [0.1, 0.15) is 0 Å². The third-order valence-electron chi connectivity index (χ3n) is 4.47. The van der Waals surface area contributed by atoms with Gasteiger partial charge in [0, 0.05) is 19.4 Å². The van der Waals surface area contributed by atoms with Crippen molar-refractivity contribution in [1.29, 1.82) is 0 Å². The number of pyridine rings is 1. The molecule has 8 heteroatoms. The fraction of sp³-hybridized carbons (Fsp3) is 0.0435. The minimum atomic E-state index is -0.573. The highest BCUT2D eigenvalue weighted by Crippen LogP contribution is 2.32. The maximum atomic E-state index is 12.0. The molecule has 0 saturated heterocycles. The molecule has 2 aromatic heterocycles. The highest BCUT2D eigenvalue weighted by molar-refractivity contribution is 5.98. The van der Waals surface area contributed by atoms with E-state index in [2.05, 4.69) is 20.3 Å². The molecule has 0 saturated carbocycles. The summed E-state index contributed by atoms with van der Waals surface area (Å²) in [7, 11) is 1.76. The number of amides is 2. The van der Waals surface area contributed by atoms with E-state index in [4.69, 9.17) is 10.5 Å². The van der Waals surface area contributed by atoms with Gasteiger partial charge >= 0.3 is 6.03 Å². The minimum absolute atomic E-state index is 0.408. The van der Waals surface area contributed by atoms with Gasteiger partial charge in [0.1, 0.15) is 5.75 Å². The van der Waals surface area contributed by atoms with Crippen LogP contribution in [0, 0.1) is 0 Å². The molecule has 0 aliphatic rings. The van der Waals surface area contributed by atoms with Gasteiger partial charge in [-0.3, -0.25) is 4.90 Å². The molecule has 3 N–H and O–H groups in total. The number of nitrogens with one attached hydrogen (secondary N) is 1. The van der Waals surface area contributed by atoms with Crippen LogP contribution in [0.4, 0.5) is 22.1 Å². The Bertz CT molecular complexity index is 1180. The first-order valence-corrected chi connectivity index (χ1v) is 9.54. The van der Waals surface area contributed by atoms with E-state index in [1.165, 1.54) is 4.90 Å². The van der Waals surface area contributed by atoms with E-state index >= 15 is 0 Å². The maximum absolute atomic E-state index is 12.0. The first-order chi connectivity index (χ1) is 15.2. The normalized spacial score (nSPS) is 10.4. The van der Waals surface area contributed by atoms with Crippen molar-refractivity contribution in [2.24, 2.45) is 5.73 Å². The predicted molar refractivity (Wildman–Crippen MR) is 119 cm³/mol. The smallest absolute Gasteiger partial charge is 0.323 e. The Morgan fingerprint density at radius 3 is 2.35 bits per heavy atom. The van der Waals surface area contributed by atoms with Gasteiger partial charge < -0.3 is 15.8 Å². The van der Waals surface area contributed by atoms with E-state index in [9.17, 15) is 4.79 Å². The Balaban J connectivity index is 1.61.